The van der Waals surface area contributed by atoms with Gasteiger partial charge in [-0.25, -0.2) is 8.42 Å². The molecule has 0 saturated heterocycles. The summed E-state index contributed by atoms with van der Waals surface area (Å²) in [6.45, 7) is 2.33. The van der Waals surface area contributed by atoms with Crippen molar-refractivity contribution in [3.8, 4) is 11.5 Å². The number of aryl methyl sites for hydroxylation is 1. The lowest BCUT2D eigenvalue weighted by atomic mass is 10.2. The highest BCUT2D eigenvalue weighted by atomic mass is 32.2. The van der Waals surface area contributed by atoms with E-state index in [-0.39, 0.29) is 17.4 Å². The number of para-hydroxylation sites is 3. The standard InChI is InChI=1S/C20H21NO4S2/c1-16-8-3-5-10-18(16)25-14-13-21(17-9-4-6-11-19(17)24-2)27(22,23)20-12-7-15-26-20/h3-12,15H,13-14H2,1-2H3. The molecular weight excluding hydrogens is 382 g/mol. The number of hydrogen-bond acceptors (Lipinski definition) is 5. The van der Waals surface area contributed by atoms with Crippen molar-refractivity contribution in [1.29, 1.82) is 0 Å². The van der Waals surface area contributed by atoms with E-state index in [1.54, 1.807) is 35.7 Å². The molecule has 0 saturated carbocycles. The summed E-state index contributed by atoms with van der Waals surface area (Å²) in [6.07, 6.45) is 0. The van der Waals surface area contributed by atoms with Gasteiger partial charge < -0.3 is 9.47 Å². The molecule has 142 valence electrons. The highest BCUT2D eigenvalue weighted by Crippen LogP contribution is 2.33. The predicted octanol–water partition coefficient (Wildman–Crippen LogP) is 4.34. The number of anilines is 1. The van der Waals surface area contributed by atoms with Crippen LogP contribution in [0.4, 0.5) is 5.69 Å². The van der Waals surface area contributed by atoms with Crippen molar-refractivity contribution in [2.45, 2.75) is 11.1 Å². The normalized spacial score (nSPS) is 11.2. The summed E-state index contributed by atoms with van der Waals surface area (Å²) in [5, 5.41) is 1.75. The fourth-order valence-corrected chi connectivity index (χ4v) is 5.25. The topological polar surface area (TPSA) is 55.8 Å². The Hall–Kier alpha value is -2.51. The summed E-state index contributed by atoms with van der Waals surface area (Å²) >= 11 is 1.19. The van der Waals surface area contributed by atoms with Gasteiger partial charge in [-0.3, -0.25) is 4.31 Å². The molecule has 0 aliphatic carbocycles. The predicted molar refractivity (Wildman–Crippen MR) is 109 cm³/mol. The van der Waals surface area contributed by atoms with Crippen LogP contribution in [-0.2, 0) is 10.0 Å². The Morgan fingerprint density at radius 3 is 2.33 bits per heavy atom. The van der Waals surface area contributed by atoms with Gasteiger partial charge in [-0.15, -0.1) is 11.3 Å². The zero-order chi connectivity index (χ0) is 19.3. The second-order valence-electron chi connectivity index (χ2n) is 5.80. The molecule has 0 aliphatic rings. The molecule has 0 aliphatic heterocycles. The van der Waals surface area contributed by atoms with Gasteiger partial charge in [0, 0.05) is 0 Å². The van der Waals surface area contributed by atoms with Crippen LogP contribution < -0.4 is 13.8 Å². The van der Waals surface area contributed by atoms with Gasteiger partial charge >= 0.3 is 0 Å². The first-order valence-electron chi connectivity index (χ1n) is 8.41. The molecule has 0 radical (unpaired) electrons. The third kappa shape index (κ3) is 4.26. The molecule has 7 heteroatoms. The Bertz CT molecular complexity index is 985. The summed E-state index contributed by atoms with van der Waals surface area (Å²) in [4.78, 5) is 0. The summed E-state index contributed by atoms with van der Waals surface area (Å²) in [5.74, 6) is 1.24. The Morgan fingerprint density at radius 2 is 1.67 bits per heavy atom. The van der Waals surface area contributed by atoms with Gasteiger partial charge in [-0.2, -0.15) is 0 Å². The minimum atomic E-state index is -3.72. The molecule has 0 spiro atoms. The van der Waals surface area contributed by atoms with E-state index in [2.05, 4.69) is 0 Å². The number of ether oxygens (including phenoxy) is 2. The molecule has 0 bridgehead atoms. The maximum atomic E-state index is 13.2. The van der Waals surface area contributed by atoms with E-state index in [0.29, 0.717) is 11.4 Å². The van der Waals surface area contributed by atoms with Crippen LogP contribution in [0.15, 0.2) is 70.3 Å². The Kier molecular flexibility index (Phi) is 6.03. The van der Waals surface area contributed by atoms with E-state index >= 15 is 0 Å². The van der Waals surface area contributed by atoms with Crippen molar-refractivity contribution < 1.29 is 17.9 Å². The van der Waals surface area contributed by atoms with Crippen molar-refractivity contribution in [3.63, 3.8) is 0 Å². The Labute approximate surface area is 163 Å². The first-order chi connectivity index (χ1) is 13.0. The molecule has 1 heterocycles. The molecule has 2 aromatic carbocycles. The lowest BCUT2D eigenvalue weighted by Gasteiger charge is -2.25. The van der Waals surface area contributed by atoms with Crippen molar-refractivity contribution in [1.82, 2.24) is 0 Å². The lowest BCUT2D eigenvalue weighted by molar-refractivity contribution is 0.326. The van der Waals surface area contributed by atoms with E-state index < -0.39 is 10.0 Å². The van der Waals surface area contributed by atoms with E-state index in [1.165, 1.54) is 22.8 Å². The van der Waals surface area contributed by atoms with Gasteiger partial charge in [0.05, 0.1) is 19.3 Å². The highest BCUT2D eigenvalue weighted by Gasteiger charge is 2.28. The molecular formula is C20H21NO4S2. The molecule has 27 heavy (non-hydrogen) atoms. The zero-order valence-electron chi connectivity index (χ0n) is 15.2. The average molecular weight is 404 g/mol. The number of rotatable bonds is 8. The molecule has 1 aromatic heterocycles. The number of thiophene rings is 1. The average Bonchev–Trinajstić information content (AvgIpc) is 3.22. The van der Waals surface area contributed by atoms with Gasteiger partial charge in [0.1, 0.15) is 22.3 Å². The number of methoxy groups -OCH3 is 1. The zero-order valence-corrected chi connectivity index (χ0v) is 16.8. The molecule has 0 atom stereocenters. The second kappa shape index (κ2) is 8.45. The number of nitrogens with zero attached hydrogens (tertiary/aromatic N) is 1. The van der Waals surface area contributed by atoms with Gasteiger partial charge in [-0.05, 0) is 42.1 Å². The fraction of sp³-hybridized carbons (Fsp3) is 0.200. The van der Waals surface area contributed by atoms with Crippen LogP contribution in [0.3, 0.4) is 0 Å². The first-order valence-corrected chi connectivity index (χ1v) is 10.7. The second-order valence-corrected chi connectivity index (χ2v) is 8.83. The van der Waals surface area contributed by atoms with Crippen LogP contribution in [0.2, 0.25) is 0 Å². The highest BCUT2D eigenvalue weighted by molar-refractivity contribution is 7.94. The van der Waals surface area contributed by atoms with Crippen LogP contribution in [-0.4, -0.2) is 28.7 Å². The van der Waals surface area contributed by atoms with Crippen LogP contribution in [0.25, 0.3) is 0 Å². The molecule has 0 N–H and O–H groups in total. The van der Waals surface area contributed by atoms with Crippen molar-refractivity contribution in [3.05, 3.63) is 71.6 Å². The summed E-state index contributed by atoms with van der Waals surface area (Å²) in [5.41, 5.74) is 1.49. The third-order valence-electron chi connectivity index (χ3n) is 4.04. The van der Waals surface area contributed by atoms with Crippen LogP contribution in [0.5, 0.6) is 11.5 Å². The van der Waals surface area contributed by atoms with Crippen LogP contribution >= 0.6 is 11.3 Å². The third-order valence-corrected chi connectivity index (χ3v) is 7.23. The van der Waals surface area contributed by atoms with Crippen molar-refractivity contribution in [2.75, 3.05) is 24.6 Å². The molecule has 0 amide bonds. The van der Waals surface area contributed by atoms with E-state index in [1.807, 2.05) is 37.3 Å². The molecule has 0 unspecified atom stereocenters. The van der Waals surface area contributed by atoms with E-state index in [9.17, 15) is 8.42 Å². The van der Waals surface area contributed by atoms with Gasteiger partial charge in [0.2, 0.25) is 0 Å². The van der Waals surface area contributed by atoms with E-state index in [0.717, 1.165) is 11.3 Å². The largest absolute Gasteiger partial charge is 0.495 e. The summed E-state index contributed by atoms with van der Waals surface area (Å²) in [6, 6.07) is 18.1. The minimum Gasteiger partial charge on any atom is -0.495 e. The fourth-order valence-electron chi connectivity index (χ4n) is 2.68. The maximum Gasteiger partial charge on any atom is 0.274 e. The quantitative estimate of drug-likeness (QED) is 0.561. The lowest BCUT2D eigenvalue weighted by Crippen LogP contribution is -2.34. The number of hydrogen-bond donors (Lipinski definition) is 0. The molecule has 0 fully saturated rings. The van der Waals surface area contributed by atoms with Gasteiger partial charge in [-0.1, -0.05) is 36.4 Å². The summed E-state index contributed by atoms with van der Waals surface area (Å²) in [7, 11) is -2.19. The summed E-state index contributed by atoms with van der Waals surface area (Å²) < 4.78 is 39.2. The Balaban J connectivity index is 1.90. The van der Waals surface area contributed by atoms with Crippen LogP contribution in [0, 0.1) is 6.92 Å². The Morgan fingerprint density at radius 1 is 0.963 bits per heavy atom. The number of benzene rings is 2. The van der Waals surface area contributed by atoms with E-state index in [4.69, 9.17) is 9.47 Å². The van der Waals surface area contributed by atoms with Crippen molar-refractivity contribution in [2.24, 2.45) is 0 Å². The SMILES string of the molecule is COc1ccccc1N(CCOc1ccccc1C)S(=O)(=O)c1cccs1. The van der Waals surface area contributed by atoms with Gasteiger partial charge in [0.25, 0.3) is 10.0 Å². The van der Waals surface area contributed by atoms with Crippen molar-refractivity contribution >= 4 is 27.0 Å². The van der Waals surface area contributed by atoms with Crippen LogP contribution in [0.1, 0.15) is 5.56 Å². The monoisotopic (exact) mass is 403 g/mol. The first kappa shape index (κ1) is 19.3. The minimum absolute atomic E-state index is 0.162. The smallest absolute Gasteiger partial charge is 0.274 e. The molecule has 3 aromatic rings. The maximum absolute atomic E-state index is 13.2. The molecule has 5 nitrogen and oxygen atoms in total. The number of sulfonamides is 1. The molecule has 3 rings (SSSR count). The van der Waals surface area contributed by atoms with Gasteiger partial charge in [0.15, 0.2) is 0 Å².